The Bertz CT molecular complexity index is 703. The molecule has 0 fully saturated rings. The first-order valence-corrected chi connectivity index (χ1v) is 8.04. The highest BCUT2D eigenvalue weighted by Gasteiger charge is 2.12. The highest BCUT2D eigenvalue weighted by Crippen LogP contribution is 2.21. The summed E-state index contributed by atoms with van der Waals surface area (Å²) in [6.45, 7) is 6.66. The number of hydrogen-bond acceptors (Lipinski definition) is 4. The number of anilines is 2. The summed E-state index contributed by atoms with van der Waals surface area (Å²) in [5, 5.41) is 6.57. The van der Waals surface area contributed by atoms with E-state index >= 15 is 0 Å². The molecule has 23 heavy (non-hydrogen) atoms. The Balaban J connectivity index is 2.16. The molecule has 2 aromatic rings. The number of nitrogens with one attached hydrogen (secondary N) is 2. The van der Waals surface area contributed by atoms with Crippen LogP contribution in [0.1, 0.15) is 41.5 Å². The molecule has 5 nitrogen and oxygen atoms in total. The zero-order valence-electron chi connectivity index (χ0n) is 13.6. The summed E-state index contributed by atoms with van der Waals surface area (Å²) in [6.07, 6.45) is 2.11. The van der Waals surface area contributed by atoms with E-state index in [1.165, 1.54) is 0 Å². The zero-order chi connectivity index (χ0) is 16.8. The Hall–Kier alpha value is -2.14. The predicted molar refractivity (Wildman–Crippen MR) is 94.3 cm³/mol. The molecule has 2 N–H and O–H groups in total. The Morgan fingerprint density at radius 2 is 2.00 bits per heavy atom. The van der Waals surface area contributed by atoms with E-state index in [0.29, 0.717) is 22.4 Å². The van der Waals surface area contributed by atoms with Gasteiger partial charge in [-0.05, 0) is 44.0 Å². The summed E-state index contributed by atoms with van der Waals surface area (Å²) in [4.78, 5) is 21.0. The molecular formula is C17H21ClN4O. The first kappa shape index (κ1) is 17.2. The number of halogens is 1. The molecule has 0 spiro atoms. The molecule has 2 rings (SSSR count). The number of amides is 1. The number of unbranched alkanes of at least 4 members (excludes halogenated alkanes) is 1. The van der Waals surface area contributed by atoms with Crippen LogP contribution in [0.4, 0.5) is 11.6 Å². The lowest BCUT2D eigenvalue weighted by molar-refractivity contribution is 0.102. The van der Waals surface area contributed by atoms with Gasteiger partial charge in [-0.1, -0.05) is 31.0 Å². The first-order valence-electron chi connectivity index (χ1n) is 7.66. The third-order valence-electron chi connectivity index (χ3n) is 3.35. The van der Waals surface area contributed by atoms with Crippen molar-refractivity contribution in [1.82, 2.24) is 9.97 Å². The van der Waals surface area contributed by atoms with Crippen LogP contribution in [0, 0.1) is 13.8 Å². The molecular weight excluding hydrogens is 312 g/mol. The molecule has 0 saturated heterocycles. The average Bonchev–Trinajstić information content (AvgIpc) is 2.50. The van der Waals surface area contributed by atoms with Gasteiger partial charge in [0.05, 0.1) is 0 Å². The number of carbonyl (C=O) groups is 1. The number of benzene rings is 1. The van der Waals surface area contributed by atoms with Gasteiger partial charge in [0.2, 0.25) is 5.95 Å². The Labute approximate surface area is 141 Å². The summed E-state index contributed by atoms with van der Waals surface area (Å²) in [5.41, 5.74) is 2.69. The van der Waals surface area contributed by atoms with E-state index in [9.17, 15) is 4.79 Å². The van der Waals surface area contributed by atoms with Crippen LogP contribution >= 0.6 is 11.6 Å². The predicted octanol–water partition coefficient (Wildman–Crippen LogP) is 4.21. The second kappa shape index (κ2) is 7.92. The molecule has 1 aromatic carbocycles. The molecule has 0 aliphatic rings. The lowest BCUT2D eigenvalue weighted by Gasteiger charge is -2.10. The van der Waals surface area contributed by atoms with Crippen LogP contribution in [0.3, 0.4) is 0 Å². The van der Waals surface area contributed by atoms with E-state index in [4.69, 9.17) is 11.6 Å². The van der Waals surface area contributed by atoms with Gasteiger partial charge in [-0.2, -0.15) is 0 Å². The molecule has 0 aliphatic heterocycles. The quantitative estimate of drug-likeness (QED) is 0.777. The fraction of sp³-hybridized carbons (Fsp3) is 0.353. The number of nitrogens with zero attached hydrogens (tertiary/aromatic N) is 2. The number of hydrogen-bond donors (Lipinski definition) is 2. The van der Waals surface area contributed by atoms with Gasteiger partial charge in [-0.25, -0.2) is 9.97 Å². The van der Waals surface area contributed by atoms with E-state index in [-0.39, 0.29) is 5.91 Å². The molecule has 0 atom stereocenters. The second-order valence-corrected chi connectivity index (χ2v) is 5.85. The van der Waals surface area contributed by atoms with Gasteiger partial charge >= 0.3 is 0 Å². The number of rotatable bonds is 6. The molecule has 0 bridgehead atoms. The number of aryl methyl sites for hydroxylation is 2. The molecule has 6 heteroatoms. The maximum atomic E-state index is 12.4. The van der Waals surface area contributed by atoms with Crippen molar-refractivity contribution in [2.45, 2.75) is 33.6 Å². The average molecular weight is 333 g/mol. The normalized spacial score (nSPS) is 10.4. The van der Waals surface area contributed by atoms with Crippen LogP contribution in [-0.4, -0.2) is 22.4 Å². The van der Waals surface area contributed by atoms with Crippen molar-refractivity contribution >= 4 is 29.1 Å². The summed E-state index contributed by atoms with van der Waals surface area (Å²) >= 11 is 5.98. The van der Waals surface area contributed by atoms with Gasteiger partial charge in [0, 0.05) is 22.9 Å². The minimum atomic E-state index is -0.278. The van der Waals surface area contributed by atoms with Crippen LogP contribution in [-0.2, 0) is 0 Å². The third kappa shape index (κ3) is 4.93. The highest BCUT2D eigenvalue weighted by atomic mass is 35.5. The van der Waals surface area contributed by atoms with Crippen molar-refractivity contribution in [3.63, 3.8) is 0 Å². The van der Waals surface area contributed by atoms with Crippen LogP contribution < -0.4 is 10.6 Å². The first-order chi connectivity index (χ1) is 11.0. The van der Waals surface area contributed by atoms with E-state index in [1.807, 2.05) is 19.9 Å². The molecule has 1 amide bonds. The van der Waals surface area contributed by atoms with E-state index in [0.717, 1.165) is 30.6 Å². The van der Waals surface area contributed by atoms with Gasteiger partial charge in [0.1, 0.15) is 5.69 Å². The molecule has 0 aliphatic carbocycles. The van der Waals surface area contributed by atoms with Crippen molar-refractivity contribution in [3.05, 3.63) is 46.2 Å². The third-order valence-corrected chi connectivity index (χ3v) is 3.58. The summed E-state index contributed by atoms with van der Waals surface area (Å²) in [7, 11) is 0. The van der Waals surface area contributed by atoms with Crippen molar-refractivity contribution in [3.8, 4) is 0 Å². The summed E-state index contributed by atoms with van der Waals surface area (Å²) in [5.74, 6) is 0.200. The molecule has 1 aromatic heterocycles. The fourth-order valence-electron chi connectivity index (χ4n) is 2.06. The largest absolute Gasteiger partial charge is 0.354 e. The Morgan fingerprint density at radius 3 is 2.74 bits per heavy atom. The van der Waals surface area contributed by atoms with Crippen molar-refractivity contribution < 1.29 is 4.79 Å². The van der Waals surface area contributed by atoms with Crippen molar-refractivity contribution in [2.24, 2.45) is 0 Å². The molecule has 122 valence electrons. The van der Waals surface area contributed by atoms with Gasteiger partial charge in [-0.15, -0.1) is 0 Å². The summed E-state index contributed by atoms with van der Waals surface area (Å²) < 4.78 is 0. The van der Waals surface area contributed by atoms with Gasteiger partial charge < -0.3 is 10.6 Å². The zero-order valence-corrected chi connectivity index (χ0v) is 14.4. The van der Waals surface area contributed by atoms with Crippen LogP contribution in [0.2, 0.25) is 5.02 Å². The lowest BCUT2D eigenvalue weighted by Crippen LogP contribution is -2.17. The lowest BCUT2D eigenvalue weighted by atomic mass is 10.2. The van der Waals surface area contributed by atoms with Crippen LogP contribution in [0.25, 0.3) is 0 Å². The summed E-state index contributed by atoms with van der Waals surface area (Å²) in [6, 6.07) is 7.04. The van der Waals surface area contributed by atoms with E-state index in [2.05, 4.69) is 27.5 Å². The minimum Gasteiger partial charge on any atom is -0.354 e. The van der Waals surface area contributed by atoms with Crippen molar-refractivity contribution in [1.29, 1.82) is 0 Å². The van der Waals surface area contributed by atoms with Crippen LogP contribution in [0.5, 0.6) is 0 Å². The molecule has 1 heterocycles. The van der Waals surface area contributed by atoms with Crippen LogP contribution in [0.15, 0.2) is 24.3 Å². The van der Waals surface area contributed by atoms with E-state index < -0.39 is 0 Å². The van der Waals surface area contributed by atoms with Gasteiger partial charge in [-0.3, -0.25) is 4.79 Å². The smallest absolute Gasteiger partial charge is 0.274 e. The van der Waals surface area contributed by atoms with Crippen molar-refractivity contribution in [2.75, 3.05) is 17.2 Å². The molecule has 0 unspecified atom stereocenters. The van der Waals surface area contributed by atoms with Gasteiger partial charge in [0.15, 0.2) is 0 Å². The highest BCUT2D eigenvalue weighted by molar-refractivity contribution is 6.31. The molecule has 0 radical (unpaired) electrons. The monoisotopic (exact) mass is 332 g/mol. The molecule has 0 saturated carbocycles. The van der Waals surface area contributed by atoms with Gasteiger partial charge in [0.25, 0.3) is 5.91 Å². The maximum absolute atomic E-state index is 12.4. The van der Waals surface area contributed by atoms with E-state index in [1.54, 1.807) is 18.2 Å². The Morgan fingerprint density at radius 1 is 1.22 bits per heavy atom. The SMILES string of the molecule is CCCCNc1nc(C)cc(C(=O)Nc2cc(Cl)ccc2C)n1. The standard InChI is InChI=1S/C17H21ClN4O/c1-4-5-8-19-17-20-12(3)9-15(22-17)16(23)21-14-10-13(18)7-6-11(14)2/h6-7,9-10H,4-5,8H2,1-3H3,(H,21,23)(H,19,20,22). The maximum Gasteiger partial charge on any atom is 0.274 e. The minimum absolute atomic E-state index is 0.278. The second-order valence-electron chi connectivity index (χ2n) is 5.41. The Kier molecular flexibility index (Phi) is 5.93. The topological polar surface area (TPSA) is 66.9 Å². The number of aromatic nitrogens is 2. The fourth-order valence-corrected chi connectivity index (χ4v) is 2.23. The number of carbonyl (C=O) groups excluding carboxylic acids is 1.